The number of aromatic nitrogens is 1. The predicted molar refractivity (Wildman–Crippen MR) is 56.1 cm³/mol. The number of nitriles is 1. The van der Waals surface area contributed by atoms with Gasteiger partial charge in [0.2, 0.25) is 0 Å². The van der Waals surface area contributed by atoms with Gasteiger partial charge in [-0.05, 0) is 31.5 Å². The fourth-order valence-electron chi connectivity index (χ4n) is 1.17. The summed E-state index contributed by atoms with van der Waals surface area (Å²) < 4.78 is 0. The van der Waals surface area contributed by atoms with Crippen LogP contribution in [0.1, 0.15) is 19.4 Å². The molecule has 0 amide bonds. The molecule has 0 saturated carbocycles. The van der Waals surface area contributed by atoms with E-state index in [1.165, 1.54) is 0 Å². The van der Waals surface area contributed by atoms with Crippen molar-refractivity contribution in [3.05, 3.63) is 30.1 Å². The molecule has 0 radical (unpaired) electrons. The molecule has 1 aromatic rings. The van der Waals surface area contributed by atoms with Gasteiger partial charge in [0.05, 0.1) is 6.07 Å². The smallest absolute Gasteiger partial charge is 0.140 e. The second-order valence-electron chi connectivity index (χ2n) is 3.28. The average molecular weight is 187 g/mol. The molecule has 0 aliphatic heterocycles. The van der Waals surface area contributed by atoms with Crippen molar-refractivity contribution in [3.8, 4) is 6.07 Å². The Bertz CT molecular complexity index is 345. The van der Waals surface area contributed by atoms with Gasteiger partial charge >= 0.3 is 0 Å². The van der Waals surface area contributed by atoms with Gasteiger partial charge in [-0.15, -0.1) is 0 Å². The van der Waals surface area contributed by atoms with Crippen molar-refractivity contribution in [3.63, 3.8) is 0 Å². The van der Waals surface area contributed by atoms with Crippen molar-refractivity contribution < 1.29 is 0 Å². The van der Waals surface area contributed by atoms with Crippen LogP contribution < -0.4 is 0 Å². The van der Waals surface area contributed by atoms with Crippen molar-refractivity contribution >= 4 is 5.71 Å². The molecule has 0 spiro atoms. The molecule has 0 saturated heterocycles. The fraction of sp³-hybridized carbons (Fsp3) is 0.364. The molecule has 1 aromatic heterocycles. The number of pyridine rings is 1. The maximum atomic E-state index is 8.86. The molecule has 0 aliphatic rings. The molecule has 0 bridgehead atoms. The van der Waals surface area contributed by atoms with Gasteiger partial charge in [0, 0.05) is 24.5 Å². The van der Waals surface area contributed by atoms with Gasteiger partial charge in [0.1, 0.15) is 6.04 Å². The summed E-state index contributed by atoms with van der Waals surface area (Å²) in [5.74, 6) is 0. The zero-order valence-corrected chi connectivity index (χ0v) is 8.44. The van der Waals surface area contributed by atoms with Crippen LogP contribution in [0.15, 0.2) is 29.5 Å². The Morgan fingerprint density at radius 3 is 2.64 bits per heavy atom. The molecule has 3 heteroatoms. The van der Waals surface area contributed by atoms with Crippen LogP contribution in [0.4, 0.5) is 0 Å². The van der Waals surface area contributed by atoms with E-state index in [0.29, 0.717) is 6.42 Å². The van der Waals surface area contributed by atoms with Crippen molar-refractivity contribution in [2.75, 3.05) is 0 Å². The quantitative estimate of drug-likeness (QED) is 0.679. The standard InChI is InChI=1S/C11H13N3/c1-9(2)14-11(8-12)7-10-3-5-13-6-4-10/h3-6,11H,7H2,1-2H3. The molecule has 1 heterocycles. The minimum absolute atomic E-state index is 0.276. The lowest BCUT2D eigenvalue weighted by atomic mass is 10.1. The van der Waals surface area contributed by atoms with Crippen LogP contribution in [-0.2, 0) is 6.42 Å². The van der Waals surface area contributed by atoms with E-state index in [1.54, 1.807) is 12.4 Å². The van der Waals surface area contributed by atoms with Crippen molar-refractivity contribution in [1.29, 1.82) is 5.26 Å². The number of aliphatic imine (C=N–C) groups is 1. The van der Waals surface area contributed by atoms with Crippen LogP contribution in [0.25, 0.3) is 0 Å². The van der Waals surface area contributed by atoms with Crippen LogP contribution in [0, 0.1) is 11.3 Å². The van der Waals surface area contributed by atoms with Crippen LogP contribution in [0.2, 0.25) is 0 Å². The van der Waals surface area contributed by atoms with E-state index in [-0.39, 0.29) is 6.04 Å². The molecule has 0 N–H and O–H groups in total. The molecule has 0 aliphatic carbocycles. The Morgan fingerprint density at radius 1 is 1.50 bits per heavy atom. The first kappa shape index (κ1) is 10.4. The molecule has 1 rings (SSSR count). The predicted octanol–water partition coefficient (Wildman–Crippen LogP) is 2.00. The third-order valence-electron chi connectivity index (χ3n) is 1.74. The summed E-state index contributed by atoms with van der Waals surface area (Å²) >= 11 is 0. The highest BCUT2D eigenvalue weighted by Gasteiger charge is 2.05. The molecule has 3 nitrogen and oxygen atoms in total. The van der Waals surface area contributed by atoms with Crippen LogP contribution in [0.5, 0.6) is 0 Å². The topological polar surface area (TPSA) is 49.0 Å². The minimum Gasteiger partial charge on any atom is -0.276 e. The summed E-state index contributed by atoms with van der Waals surface area (Å²) in [4.78, 5) is 8.15. The summed E-state index contributed by atoms with van der Waals surface area (Å²) in [6.45, 7) is 3.80. The van der Waals surface area contributed by atoms with E-state index in [4.69, 9.17) is 5.26 Å². The molecule has 1 atom stereocenters. The highest BCUT2D eigenvalue weighted by Crippen LogP contribution is 2.04. The second kappa shape index (κ2) is 5.13. The first-order chi connectivity index (χ1) is 6.72. The molecule has 0 fully saturated rings. The van der Waals surface area contributed by atoms with Gasteiger partial charge in [-0.2, -0.15) is 5.26 Å². The lowest BCUT2D eigenvalue weighted by Gasteiger charge is -2.03. The lowest BCUT2D eigenvalue weighted by Crippen LogP contribution is -2.07. The van der Waals surface area contributed by atoms with Gasteiger partial charge in [-0.1, -0.05) is 0 Å². The van der Waals surface area contributed by atoms with E-state index in [1.807, 2.05) is 26.0 Å². The average Bonchev–Trinajstić information content (AvgIpc) is 2.17. The Morgan fingerprint density at radius 2 is 2.14 bits per heavy atom. The second-order valence-corrected chi connectivity index (χ2v) is 3.28. The maximum absolute atomic E-state index is 8.86. The van der Waals surface area contributed by atoms with Gasteiger partial charge in [-0.25, -0.2) is 0 Å². The summed E-state index contributed by atoms with van der Waals surface area (Å²) in [6, 6.07) is 5.71. The van der Waals surface area contributed by atoms with Gasteiger partial charge in [0.15, 0.2) is 0 Å². The number of hydrogen-bond acceptors (Lipinski definition) is 3. The maximum Gasteiger partial charge on any atom is 0.140 e. The fourth-order valence-corrected chi connectivity index (χ4v) is 1.17. The minimum atomic E-state index is -0.276. The third-order valence-corrected chi connectivity index (χ3v) is 1.74. The van der Waals surface area contributed by atoms with Crippen molar-refractivity contribution in [2.45, 2.75) is 26.3 Å². The normalized spacial score (nSPS) is 11.5. The largest absolute Gasteiger partial charge is 0.276 e. The lowest BCUT2D eigenvalue weighted by molar-refractivity contribution is 0.821. The van der Waals surface area contributed by atoms with Gasteiger partial charge in [0.25, 0.3) is 0 Å². The molecule has 72 valence electrons. The van der Waals surface area contributed by atoms with Gasteiger partial charge < -0.3 is 0 Å². The molecule has 1 unspecified atom stereocenters. The first-order valence-electron chi connectivity index (χ1n) is 4.52. The Hall–Kier alpha value is -1.69. The summed E-state index contributed by atoms with van der Waals surface area (Å²) in [5.41, 5.74) is 2.03. The van der Waals surface area contributed by atoms with E-state index in [9.17, 15) is 0 Å². The highest BCUT2D eigenvalue weighted by molar-refractivity contribution is 5.79. The number of nitrogens with zero attached hydrogens (tertiary/aromatic N) is 3. The summed E-state index contributed by atoms with van der Waals surface area (Å²) in [5, 5.41) is 8.86. The first-order valence-corrected chi connectivity index (χ1v) is 4.52. The third kappa shape index (κ3) is 3.36. The monoisotopic (exact) mass is 187 g/mol. The van der Waals surface area contributed by atoms with Crippen LogP contribution in [-0.4, -0.2) is 16.7 Å². The molecule has 14 heavy (non-hydrogen) atoms. The molecular weight excluding hydrogens is 174 g/mol. The molecular formula is C11H13N3. The SMILES string of the molecule is CC(C)=NC(C#N)Cc1ccncc1. The Labute approximate surface area is 84.1 Å². The summed E-state index contributed by atoms with van der Waals surface area (Å²) in [7, 11) is 0. The van der Waals surface area contributed by atoms with Crippen LogP contribution in [0.3, 0.4) is 0 Å². The van der Waals surface area contributed by atoms with Gasteiger partial charge in [-0.3, -0.25) is 9.98 Å². The zero-order chi connectivity index (χ0) is 10.4. The van der Waals surface area contributed by atoms with Crippen molar-refractivity contribution in [2.24, 2.45) is 4.99 Å². The highest BCUT2D eigenvalue weighted by atomic mass is 14.8. The Kier molecular flexibility index (Phi) is 3.81. The van der Waals surface area contributed by atoms with E-state index in [0.717, 1.165) is 11.3 Å². The van der Waals surface area contributed by atoms with E-state index in [2.05, 4.69) is 16.0 Å². The zero-order valence-electron chi connectivity index (χ0n) is 8.44. The Balaban J connectivity index is 2.68. The number of rotatable bonds is 3. The summed E-state index contributed by atoms with van der Waals surface area (Å²) in [6.07, 6.45) is 4.11. The molecule has 0 aromatic carbocycles. The number of hydrogen-bond donors (Lipinski definition) is 0. The van der Waals surface area contributed by atoms with Crippen molar-refractivity contribution in [1.82, 2.24) is 4.98 Å². The van der Waals surface area contributed by atoms with E-state index >= 15 is 0 Å². The van der Waals surface area contributed by atoms with Crippen LogP contribution >= 0.6 is 0 Å². The van der Waals surface area contributed by atoms with E-state index < -0.39 is 0 Å².